The monoisotopic (exact) mass is 341 g/mol. The predicted molar refractivity (Wildman–Crippen MR) is 102 cm³/mol. The summed E-state index contributed by atoms with van der Waals surface area (Å²) in [5.41, 5.74) is 11.4. The van der Waals surface area contributed by atoms with Crippen molar-refractivity contribution in [3.63, 3.8) is 0 Å². The van der Waals surface area contributed by atoms with Crippen LogP contribution >= 0.6 is 0 Å². The molecule has 0 radical (unpaired) electrons. The van der Waals surface area contributed by atoms with Gasteiger partial charge >= 0.3 is 5.97 Å². The second-order valence-corrected chi connectivity index (χ2v) is 7.12. The summed E-state index contributed by atoms with van der Waals surface area (Å²) < 4.78 is 0. The first kappa shape index (κ1) is 18.8. The van der Waals surface area contributed by atoms with Crippen molar-refractivity contribution in [2.45, 2.75) is 40.5 Å². The SMILES string of the molecule is CNc1ccc(C(c2cnc(C)c(C)c2)C(C)(C)C(=O)O)c(C)c1N. The Hall–Kier alpha value is -2.56. The van der Waals surface area contributed by atoms with Gasteiger partial charge in [0, 0.05) is 24.9 Å². The van der Waals surface area contributed by atoms with Crippen molar-refractivity contribution >= 4 is 17.3 Å². The van der Waals surface area contributed by atoms with Gasteiger partial charge in [0.15, 0.2) is 0 Å². The minimum absolute atomic E-state index is 0.356. The number of aliphatic carboxylic acids is 1. The van der Waals surface area contributed by atoms with Crippen LogP contribution in [0.4, 0.5) is 11.4 Å². The summed E-state index contributed by atoms with van der Waals surface area (Å²) in [7, 11) is 1.82. The van der Waals surface area contributed by atoms with Crippen LogP contribution in [0.25, 0.3) is 0 Å². The van der Waals surface area contributed by atoms with Gasteiger partial charge in [-0.3, -0.25) is 9.78 Å². The Bertz CT molecular complexity index is 813. The lowest BCUT2D eigenvalue weighted by molar-refractivity contribution is -0.147. The summed E-state index contributed by atoms with van der Waals surface area (Å²) in [5, 5.41) is 12.9. The van der Waals surface area contributed by atoms with Crippen LogP contribution in [0.15, 0.2) is 24.4 Å². The third-order valence-corrected chi connectivity index (χ3v) is 5.10. The number of nitrogen functional groups attached to an aromatic ring is 1. The smallest absolute Gasteiger partial charge is 0.310 e. The molecule has 0 saturated heterocycles. The van der Waals surface area contributed by atoms with Crippen molar-refractivity contribution in [3.8, 4) is 0 Å². The largest absolute Gasteiger partial charge is 0.481 e. The van der Waals surface area contributed by atoms with E-state index in [1.807, 2.05) is 46.0 Å². The van der Waals surface area contributed by atoms with Crippen molar-refractivity contribution in [1.29, 1.82) is 0 Å². The van der Waals surface area contributed by atoms with Crippen LogP contribution < -0.4 is 11.1 Å². The molecule has 0 fully saturated rings. The lowest BCUT2D eigenvalue weighted by Crippen LogP contribution is -2.33. The van der Waals surface area contributed by atoms with E-state index < -0.39 is 11.4 Å². The number of carboxylic acid groups (broad SMARTS) is 1. The number of nitrogens with zero attached hydrogens (tertiary/aromatic N) is 1. The highest BCUT2D eigenvalue weighted by Crippen LogP contribution is 2.44. The molecule has 1 aromatic carbocycles. The summed E-state index contributed by atoms with van der Waals surface area (Å²) in [6.45, 7) is 9.36. The molecular weight excluding hydrogens is 314 g/mol. The number of nitrogens with two attached hydrogens (primary N) is 1. The van der Waals surface area contributed by atoms with E-state index in [1.54, 1.807) is 20.0 Å². The molecule has 0 bridgehead atoms. The Labute approximate surface area is 149 Å². The standard InChI is InChI=1S/C20H27N3O2/c1-11-9-14(10-23-13(11)3)17(20(4,5)19(24)25)15-7-8-16(22-6)18(21)12(15)2/h7-10,17,22H,21H2,1-6H3,(H,24,25). The van der Waals surface area contributed by atoms with Crippen LogP contribution in [-0.2, 0) is 4.79 Å². The molecule has 5 nitrogen and oxygen atoms in total. The average molecular weight is 341 g/mol. The third kappa shape index (κ3) is 3.31. The number of benzene rings is 1. The lowest BCUT2D eigenvalue weighted by Gasteiger charge is -2.33. The summed E-state index contributed by atoms with van der Waals surface area (Å²) in [6.07, 6.45) is 1.78. The molecule has 5 heteroatoms. The highest BCUT2D eigenvalue weighted by atomic mass is 16.4. The highest BCUT2D eigenvalue weighted by molar-refractivity contribution is 5.78. The minimum atomic E-state index is -1.01. The van der Waals surface area contributed by atoms with E-state index in [0.29, 0.717) is 5.69 Å². The summed E-state index contributed by atoms with van der Waals surface area (Å²) in [5.74, 6) is -1.21. The second-order valence-electron chi connectivity index (χ2n) is 7.12. The summed E-state index contributed by atoms with van der Waals surface area (Å²) in [6, 6.07) is 5.89. The Morgan fingerprint density at radius 2 is 1.92 bits per heavy atom. The maximum Gasteiger partial charge on any atom is 0.310 e. The van der Waals surface area contributed by atoms with E-state index in [1.165, 1.54) is 0 Å². The van der Waals surface area contributed by atoms with E-state index in [2.05, 4.69) is 10.3 Å². The van der Waals surface area contributed by atoms with Gasteiger partial charge in [-0.2, -0.15) is 0 Å². The van der Waals surface area contributed by atoms with E-state index >= 15 is 0 Å². The molecule has 1 unspecified atom stereocenters. The summed E-state index contributed by atoms with van der Waals surface area (Å²) in [4.78, 5) is 16.5. The first-order valence-corrected chi connectivity index (χ1v) is 8.34. The number of hydrogen-bond acceptors (Lipinski definition) is 4. The number of pyridine rings is 1. The fourth-order valence-electron chi connectivity index (χ4n) is 3.21. The molecule has 1 aromatic heterocycles. The van der Waals surface area contributed by atoms with Gasteiger partial charge in [-0.1, -0.05) is 12.1 Å². The molecule has 1 heterocycles. The normalized spacial score (nSPS) is 12.7. The Morgan fingerprint density at radius 3 is 2.44 bits per heavy atom. The molecule has 134 valence electrons. The highest BCUT2D eigenvalue weighted by Gasteiger charge is 2.40. The van der Waals surface area contributed by atoms with Gasteiger partial charge in [-0.25, -0.2) is 0 Å². The molecule has 4 N–H and O–H groups in total. The number of hydrogen-bond donors (Lipinski definition) is 3. The lowest BCUT2D eigenvalue weighted by atomic mass is 9.70. The molecule has 0 aliphatic rings. The van der Waals surface area contributed by atoms with Crippen LogP contribution in [-0.4, -0.2) is 23.1 Å². The quantitative estimate of drug-likeness (QED) is 0.718. The number of anilines is 2. The van der Waals surface area contributed by atoms with Gasteiger partial charge < -0.3 is 16.2 Å². The number of carbonyl (C=O) groups is 1. The van der Waals surface area contributed by atoms with Gasteiger partial charge in [0.2, 0.25) is 0 Å². The van der Waals surface area contributed by atoms with Crippen LogP contribution in [0, 0.1) is 26.2 Å². The Balaban J connectivity index is 2.74. The fourth-order valence-corrected chi connectivity index (χ4v) is 3.21. The fraction of sp³-hybridized carbons (Fsp3) is 0.400. The van der Waals surface area contributed by atoms with Crippen LogP contribution in [0.2, 0.25) is 0 Å². The zero-order valence-corrected chi connectivity index (χ0v) is 15.8. The topological polar surface area (TPSA) is 88.2 Å². The molecule has 2 aromatic rings. The molecule has 0 spiro atoms. The first-order chi connectivity index (χ1) is 11.6. The first-order valence-electron chi connectivity index (χ1n) is 8.34. The molecule has 0 aliphatic carbocycles. The maximum absolute atomic E-state index is 12.0. The molecule has 25 heavy (non-hydrogen) atoms. The molecular formula is C20H27N3O2. The second kappa shape index (κ2) is 6.75. The number of nitrogens with one attached hydrogen (secondary N) is 1. The molecule has 2 rings (SSSR count). The minimum Gasteiger partial charge on any atom is -0.481 e. The summed E-state index contributed by atoms with van der Waals surface area (Å²) >= 11 is 0. The molecule has 0 saturated carbocycles. The van der Waals surface area contributed by atoms with Gasteiger partial charge in [-0.05, 0) is 62.9 Å². The molecule has 0 amide bonds. The van der Waals surface area contributed by atoms with Crippen molar-refractivity contribution < 1.29 is 9.90 Å². The number of carboxylic acids is 1. The molecule has 0 aliphatic heterocycles. The number of aryl methyl sites for hydroxylation is 2. The van der Waals surface area contributed by atoms with Gasteiger partial charge in [0.1, 0.15) is 0 Å². The zero-order chi connectivity index (χ0) is 18.9. The maximum atomic E-state index is 12.0. The Kier molecular flexibility index (Phi) is 5.07. The van der Waals surface area contributed by atoms with Crippen LogP contribution in [0.5, 0.6) is 0 Å². The Morgan fingerprint density at radius 1 is 1.28 bits per heavy atom. The zero-order valence-electron chi connectivity index (χ0n) is 15.8. The van der Waals surface area contributed by atoms with Gasteiger partial charge in [0.25, 0.3) is 0 Å². The van der Waals surface area contributed by atoms with E-state index in [4.69, 9.17) is 5.73 Å². The van der Waals surface area contributed by atoms with E-state index in [9.17, 15) is 9.90 Å². The van der Waals surface area contributed by atoms with Gasteiger partial charge in [-0.15, -0.1) is 0 Å². The van der Waals surface area contributed by atoms with E-state index in [-0.39, 0.29) is 5.92 Å². The van der Waals surface area contributed by atoms with Gasteiger partial charge in [0.05, 0.1) is 16.8 Å². The van der Waals surface area contributed by atoms with Crippen molar-refractivity contribution in [2.24, 2.45) is 5.41 Å². The van der Waals surface area contributed by atoms with Crippen LogP contribution in [0.3, 0.4) is 0 Å². The number of aromatic nitrogens is 1. The van der Waals surface area contributed by atoms with Crippen molar-refractivity contribution in [1.82, 2.24) is 4.98 Å². The number of rotatable bonds is 5. The van der Waals surface area contributed by atoms with Crippen molar-refractivity contribution in [2.75, 3.05) is 18.1 Å². The van der Waals surface area contributed by atoms with Crippen molar-refractivity contribution in [3.05, 3.63) is 52.3 Å². The molecule has 1 atom stereocenters. The van der Waals surface area contributed by atoms with E-state index in [0.717, 1.165) is 33.6 Å². The third-order valence-electron chi connectivity index (χ3n) is 5.10. The predicted octanol–water partition coefficient (Wildman–Crippen LogP) is 3.87. The van der Waals surface area contributed by atoms with Crippen LogP contribution in [0.1, 0.15) is 47.7 Å². The average Bonchev–Trinajstić information content (AvgIpc) is 2.55.